The van der Waals surface area contributed by atoms with Crippen molar-refractivity contribution in [2.45, 2.75) is 32.1 Å². The van der Waals surface area contributed by atoms with Crippen LogP contribution in [0.25, 0.3) is 0 Å². The molecule has 0 fully saturated rings. The fourth-order valence-corrected chi connectivity index (χ4v) is 4.72. The van der Waals surface area contributed by atoms with Gasteiger partial charge in [0.1, 0.15) is 29.8 Å². The second kappa shape index (κ2) is 33.2. The maximum absolute atomic E-state index is 11.2. The Morgan fingerprint density at radius 2 is 0.338 bits per heavy atom. The van der Waals surface area contributed by atoms with Crippen molar-refractivity contribution in [2.24, 2.45) is 0 Å². The van der Waals surface area contributed by atoms with Gasteiger partial charge in [-0.05, 0) is 0 Å². The summed E-state index contributed by atoms with van der Waals surface area (Å²) in [4.78, 5) is 160. The summed E-state index contributed by atoms with van der Waals surface area (Å²) >= 11 is 0. The molecule has 0 bridgehead atoms. The Bertz CT molecular complexity index is 2280. The molecule has 71 heavy (non-hydrogen) atoms. The van der Waals surface area contributed by atoms with Crippen molar-refractivity contribution in [2.75, 3.05) is 0 Å². The summed E-state index contributed by atoms with van der Waals surface area (Å²) in [6.07, 6.45) is -3.23. The van der Waals surface area contributed by atoms with Gasteiger partial charge in [0.25, 0.3) is 0 Å². The molecule has 5 aromatic carbocycles. The molecule has 0 saturated heterocycles. The Labute approximate surface area is 413 Å². The summed E-state index contributed by atoms with van der Waals surface area (Å²) in [5, 5.41) is 50.3. The number of hydrogen-bond acceptors (Lipinski definition) is 20. The van der Waals surface area contributed by atoms with E-state index in [2.05, 4.69) is 0 Å². The second-order valence-electron chi connectivity index (χ2n) is 13.4. The van der Waals surface area contributed by atoms with Crippen molar-refractivity contribution >= 4 is 87.7 Å². The zero-order valence-corrected chi connectivity index (χ0v) is 38.0. The average molecular weight is 1010 g/mol. The van der Waals surface area contributed by atoms with Gasteiger partial charge in [-0.15, -0.1) is 0 Å². The molecule has 0 aliphatic carbocycles. The number of ketones is 10. The van der Waals surface area contributed by atoms with E-state index in [-0.39, 0.29) is 18.6 Å². The molecule has 0 saturated carbocycles. The van der Waals surface area contributed by atoms with Crippen molar-refractivity contribution < 1.29 is 116 Å². The van der Waals surface area contributed by atoms with Crippen LogP contribution in [0.3, 0.4) is 0 Å². The quantitative estimate of drug-likeness (QED) is 0.0457. The van der Waals surface area contributed by atoms with Crippen molar-refractivity contribution in [1.82, 2.24) is 0 Å². The summed E-state index contributed by atoms with van der Waals surface area (Å²) in [5.41, 5.74) is 1.61. The minimum absolute atomic E-state index is 0. The molecule has 21 heteroatoms. The van der Waals surface area contributed by atoms with Gasteiger partial charge in [0.2, 0.25) is 0 Å². The molecular weight excluding hydrogens is 971 g/mol. The van der Waals surface area contributed by atoms with Crippen molar-refractivity contribution in [3.8, 4) is 0 Å². The number of hydrogen-bond donors (Lipinski definition) is 0. The van der Waals surface area contributed by atoms with E-state index in [1.54, 1.807) is 91.0 Å². The Kier molecular flexibility index (Phi) is 28.9. The largest absolute Gasteiger partial charge is 0.542 e. The molecule has 5 rings (SSSR count). The van der Waals surface area contributed by atoms with Gasteiger partial charge in [0.15, 0.2) is 57.8 Å². The molecule has 365 valence electrons. The third-order valence-corrected chi connectivity index (χ3v) is 8.22. The third-order valence-electron chi connectivity index (χ3n) is 8.22. The molecule has 0 atom stereocenters. The zero-order valence-electron chi connectivity index (χ0n) is 36.6. The van der Waals surface area contributed by atoms with Crippen LogP contribution in [0.1, 0.15) is 83.9 Å². The van der Waals surface area contributed by atoms with Crippen LogP contribution in [-0.4, -0.2) is 87.7 Å². The Morgan fingerprint density at radius 3 is 0.437 bits per heavy atom. The molecule has 0 heterocycles. The Hall–Kier alpha value is -9.27. The van der Waals surface area contributed by atoms with Gasteiger partial charge in [-0.3, -0.25) is 47.9 Å². The molecule has 5 aromatic rings. The molecule has 0 amide bonds. The van der Waals surface area contributed by atoms with Crippen LogP contribution in [0.5, 0.6) is 0 Å². The number of benzene rings is 5. The van der Waals surface area contributed by atoms with E-state index in [0.717, 1.165) is 0 Å². The predicted molar refractivity (Wildman–Crippen MR) is 227 cm³/mol. The van der Waals surface area contributed by atoms with E-state index in [0.29, 0.717) is 27.8 Å². The average Bonchev–Trinajstić information content (AvgIpc) is 3.35. The molecule has 0 aliphatic rings. The van der Waals surface area contributed by atoms with Crippen LogP contribution in [0.4, 0.5) is 0 Å². The number of carboxylic acid groups (broad SMARTS) is 5. The number of rotatable bonds is 20. The molecule has 0 aromatic heterocycles. The van der Waals surface area contributed by atoms with Crippen LogP contribution >= 0.6 is 0 Å². The first-order chi connectivity index (χ1) is 33.0. The fraction of sp³-hybridized carbons (Fsp3) is 0.100. The molecule has 0 aliphatic heterocycles. The zero-order chi connectivity index (χ0) is 52.8. The number of carbonyl (C=O) groups is 15. The SMILES string of the molecule is O=C([O-])C(=O)CC(=O)c1ccccc1.O=C([O-])C(=O)CC(=O)c1ccccc1.O=C([O-])C(=O)CC(=O)c1ccccc1.O=C([O-])C(=O)CC(=O)c1ccccc1.O=C([O-])C(=O)CC(=O)c1ccccc1.[V]. The van der Waals surface area contributed by atoms with Gasteiger partial charge in [-0.25, -0.2) is 0 Å². The molecule has 0 N–H and O–H groups in total. The van der Waals surface area contributed by atoms with Crippen LogP contribution in [0.2, 0.25) is 0 Å². The topological polar surface area (TPSA) is 371 Å². The van der Waals surface area contributed by atoms with Gasteiger partial charge in [0, 0.05) is 46.4 Å². The van der Waals surface area contributed by atoms with Crippen LogP contribution in [0.15, 0.2) is 152 Å². The van der Waals surface area contributed by atoms with Crippen molar-refractivity contribution in [1.29, 1.82) is 0 Å². The smallest absolute Gasteiger partial charge is 0.185 e. The van der Waals surface area contributed by atoms with Gasteiger partial charge in [0.05, 0.1) is 32.1 Å². The number of aliphatic carboxylic acids is 5. The maximum Gasteiger partial charge on any atom is 0.185 e. The van der Waals surface area contributed by atoms with E-state index < -0.39 is 120 Å². The monoisotopic (exact) mass is 1010 g/mol. The van der Waals surface area contributed by atoms with Gasteiger partial charge < -0.3 is 49.5 Å². The predicted octanol–water partition coefficient (Wildman–Crippen LogP) is -2.11. The summed E-state index contributed by atoms with van der Waals surface area (Å²) < 4.78 is 0. The Balaban J connectivity index is 0.000000860. The van der Waals surface area contributed by atoms with Crippen LogP contribution < -0.4 is 25.5 Å². The molecule has 20 nitrogen and oxygen atoms in total. The van der Waals surface area contributed by atoms with Gasteiger partial charge >= 0.3 is 0 Å². The standard InChI is InChI=1S/5C10H8O4.V/c5*11-8(6-9(12)10(13)14)7-4-2-1-3-5-7;/h5*1-5H,6H2,(H,13,14);/p-5. The summed E-state index contributed by atoms with van der Waals surface area (Å²) in [6, 6.07) is 40.1. The fourth-order valence-electron chi connectivity index (χ4n) is 4.72. The van der Waals surface area contributed by atoms with Crippen LogP contribution in [0, 0.1) is 0 Å². The van der Waals surface area contributed by atoms with E-state index in [9.17, 15) is 97.5 Å². The number of carboxylic acids is 5. The van der Waals surface area contributed by atoms with Gasteiger partial charge in [-0.2, -0.15) is 0 Å². The normalized spacial score (nSPS) is 9.30. The summed E-state index contributed by atoms with van der Waals surface area (Å²) in [6.45, 7) is 0. The van der Waals surface area contributed by atoms with E-state index >= 15 is 0 Å². The first-order valence-corrected chi connectivity index (χ1v) is 19.7. The van der Waals surface area contributed by atoms with E-state index in [1.165, 1.54) is 60.7 Å². The molecule has 1 radical (unpaired) electrons. The Morgan fingerprint density at radius 1 is 0.225 bits per heavy atom. The maximum atomic E-state index is 11.2. The molecule has 0 unspecified atom stereocenters. The molecule has 0 spiro atoms. The van der Waals surface area contributed by atoms with Gasteiger partial charge in [-0.1, -0.05) is 152 Å². The minimum Gasteiger partial charge on any atom is -0.542 e. The van der Waals surface area contributed by atoms with Crippen molar-refractivity contribution in [3.63, 3.8) is 0 Å². The van der Waals surface area contributed by atoms with Crippen LogP contribution in [-0.2, 0) is 66.5 Å². The van der Waals surface area contributed by atoms with E-state index in [1.807, 2.05) is 0 Å². The van der Waals surface area contributed by atoms with Crippen molar-refractivity contribution in [3.05, 3.63) is 179 Å². The summed E-state index contributed by atoms with van der Waals surface area (Å²) in [7, 11) is 0. The van der Waals surface area contributed by atoms with E-state index in [4.69, 9.17) is 0 Å². The number of Topliss-reactive ketones (excluding diaryl/α,β-unsaturated/α-hetero) is 10. The minimum atomic E-state index is -1.82. The summed E-state index contributed by atoms with van der Waals surface area (Å²) in [5.74, 6) is -17.7. The third kappa shape index (κ3) is 25.4. The first-order valence-electron chi connectivity index (χ1n) is 19.7. The second-order valence-corrected chi connectivity index (χ2v) is 13.4. The first kappa shape index (κ1) is 61.7. The molecular formula is C50H35O20V-5. The number of carbonyl (C=O) groups excluding carboxylic acids is 15.